The molecule has 2 N–H and O–H groups in total. The molecule has 0 saturated heterocycles. The molecule has 0 saturated carbocycles. The number of ether oxygens (including phenoxy) is 1. The Bertz CT molecular complexity index is 1130. The highest BCUT2D eigenvalue weighted by atomic mass is 32.2. The molecule has 0 aliphatic carbocycles. The number of esters is 1. The minimum absolute atomic E-state index is 0.0907. The summed E-state index contributed by atoms with van der Waals surface area (Å²) in [4.78, 5) is 37.0. The van der Waals surface area contributed by atoms with E-state index in [4.69, 9.17) is 4.74 Å². The van der Waals surface area contributed by atoms with Crippen molar-refractivity contribution in [3.63, 3.8) is 0 Å². The first-order chi connectivity index (χ1) is 13.8. The fraction of sp³-hybridized carbons (Fsp3) is 0.300. The molecule has 1 aromatic carbocycles. The number of amides is 1. The Morgan fingerprint density at radius 3 is 2.55 bits per heavy atom. The molecule has 0 unspecified atom stereocenters. The highest BCUT2D eigenvalue weighted by Crippen LogP contribution is 2.26. The summed E-state index contributed by atoms with van der Waals surface area (Å²) in [6, 6.07) is 7.50. The monoisotopic (exact) mass is 414 g/mol. The molecule has 9 heteroatoms. The van der Waals surface area contributed by atoms with Crippen molar-refractivity contribution in [1.29, 1.82) is 0 Å². The number of aryl methyl sites for hydroxylation is 3. The van der Waals surface area contributed by atoms with Gasteiger partial charge < -0.3 is 10.1 Å². The van der Waals surface area contributed by atoms with Gasteiger partial charge in [0.2, 0.25) is 5.91 Å². The maximum absolute atomic E-state index is 12.3. The van der Waals surface area contributed by atoms with E-state index in [2.05, 4.69) is 15.5 Å². The standard InChI is InChI=1S/C20H22N4O4S/c1-5-28-19(27)16-12(3)17-18(26)22-23-20(24(17)13(16)4)29-10-15(25)21-14-8-6-11(2)7-9-14/h6-9H,5,10H2,1-4H3,(H,21,25)(H,22,26). The van der Waals surface area contributed by atoms with Crippen LogP contribution in [-0.2, 0) is 9.53 Å². The molecule has 0 spiro atoms. The lowest BCUT2D eigenvalue weighted by molar-refractivity contribution is -0.113. The van der Waals surface area contributed by atoms with Crippen molar-refractivity contribution in [2.24, 2.45) is 0 Å². The van der Waals surface area contributed by atoms with Crippen LogP contribution in [0.25, 0.3) is 5.52 Å². The van der Waals surface area contributed by atoms with E-state index in [0.29, 0.717) is 33.2 Å². The first-order valence-electron chi connectivity index (χ1n) is 9.10. The van der Waals surface area contributed by atoms with Gasteiger partial charge in [-0.1, -0.05) is 29.5 Å². The summed E-state index contributed by atoms with van der Waals surface area (Å²) in [7, 11) is 0. The smallest absolute Gasteiger partial charge is 0.340 e. The number of rotatable bonds is 6. The Hall–Kier alpha value is -3.07. The van der Waals surface area contributed by atoms with Gasteiger partial charge in [0.1, 0.15) is 5.52 Å². The van der Waals surface area contributed by atoms with E-state index < -0.39 is 11.5 Å². The molecule has 1 amide bonds. The Labute approximate surface area is 171 Å². The molecule has 0 bridgehead atoms. The Morgan fingerprint density at radius 1 is 1.21 bits per heavy atom. The number of carbonyl (C=O) groups is 2. The minimum Gasteiger partial charge on any atom is -0.462 e. The van der Waals surface area contributed by atoms with Gasteiger partial charge in [-0.25, -0.2) is 9.89 Å². The van der Waals surface area contributed by atoms with E-state index in [9.17, 15) is 14.4 Å². The largest absolute Gasteiger partial charge is 0.462 e. The molecule has 0 aliphatic rings. The van der Waals surface area contributed by atoms with Gasteiger partial charge >= 0.3 is 5.97 Å². The van der Waals surface area contributed by atoms with Gasteiger partial charge in [-0.15, -0.1) is 5.10 Å². The van der Waals surface area contributed by atoms with Crippen molar-refractivity contribution in [2.75, 3.05) is 17.7 Å². The van der Waals surface area contributed by atoms with Crippen LogP contribution >= 0.6 is 11.8 Å². The Morgan fingerprint density at radius 2 is 1.90 bits per heavy atom. The second-order valence-corrected chi connectivity index (χ2v) is 7.47. The third-order valence-corrected chi connectivity index (χ3v) is 5.40. The van der Waals surface area contributed by atoms with E-state index in [0.717, 1.165) is 5.56 Å². The summed E-state index contributed by atoms with van der Waals surface area (Å²) in [6.07, 6.45) is 0. The molecule has 0 atom stereocenters. The molecule has 2 aromatic heterocycles. The van der Waals surface area contributed by atoms with Crippen LogP contribution in [0.1, 0.15) is 34.1 Å². The summed E-state index contributed by atoms with van der Waals surface area (Å²) >= 11 is 1.17. The van der Waals surface area contributed by atoms with Crippen LogP contribution in [0.4, 0.5) is 5.69 Å². The number of anilines is 1. The summed E-state index contributed by atoms with van der Waals surface area (Å²) in [6.45, 7) is 7.35. The topological polar surface area (TPSA) is 106 Å². The van der Waals surface area contributed by atoms with Gasteiger partial charge in [0, 0.05) is 11.4 Å². The van der Waals surface area contributed by atoms with E-state index in [-0.39, 0.29) is 18.3 Å². The van der Waals surface area contributed by atoms with E-state index in [1.807, 2.05) is 31.2 Å². The molecule has 3 aromatic rings. The maximum Gasteiger partial charge on any atom is 0.340 e. The number of hydrogen-bond donors (Lipinski definition) is 2. The van der Waals surface area contributed by atoms with Crippen LogP contribution in [-0.4, -0.2) is 38.8 Å². The first kappa shape index (κ1) is 20.7. The zero-order valence-electron chi connectivity index (χ0n) is 16.7. The van der Waals surface area contributed by atoms with Crippen LogP contribution in [0.15, 0.2) is 34.2 Å². The summed E-state index contributed by atoms with van der Waals surface area (Å²) in [5, 5.41) is 9.75. The lowest BCUT2D eigenvalue weighted by Crippen LogP contribution is -2.17. The fourth-order valence-electron chi connectivity index (χ4n) is 3.11. The predicted octanol–water partition coefficient (Wildman–Crippen LogP) is 2.86. The van der Waals surface area contributed by atoms with Gasteiger partial charge in [-0.05, 0) is 45.4 Å². The molecule has 3 rings (SSSR count). The average Bonchev–Trinajstić information content (AvgIpc) is 2.95. The molecule has 0 radical (unpaired) electrons. The SMILES string of the molecule is CCOC(=O)c1c(C)c2c(=O)[nH]nc(SCC(=O)Nc3ccc(C)cc3)n2c1C. The molecule has 0 fully saturated rings. The number of aromatic amines is 1. The highest BCUT2D eigenvalue weighted by molar-refractivity contribution is 7.99. The quantitative estimate of drug-likeness (QED) is 0.475. The normalized spacial score (nSPS) is 10.9. The third kappa shape index (κ3) is 4.19. The van der Waals surface area contributed by atoms with Gasteiger partial charge in [0.25, 0.3) is 5.56 Å². The summed E-state index contributed by atoms with van der Waals surface area (Å²) < 4.78 is 6.72. The van der Waals surface area contributed by atoms with Crippen LogP contribution in [0.3, 0.4) is 0 Å². The maximum atomic E-state index is 12.3. The molecule has 152 valence electrons. The van der Waals surface area contributed by atoms with Crippen LogP contribution in [0, 0.1) is 20.8 Å². The first-order valence-corrected chi connectivity index (χ1v) is 10.1. The zero-order valence-corrected chi connectivity index (χ0v) is 17.5. The third-order valence-electron chi connectivity index (χ3n) is 4.46. The number of fused-ring (bicyclic) bond motifs is 1. The van der Waals surface area contributed by atoms with Crippen molar-refractivity contribution in [1.82, 2.24) is 14.6 Å². The summed E-state index contributed by atoms with van der Waals surface area (Å²) in [5.41, 5.74) is 3.14. The molecular formula is C20H22N4O4S. The number of carbonyl (C=O) groups excluding carboxylic acids is 2. The minimum atomic E-state index is -0.487. The molecule has 2 heterocycles. The highest BCUT2D eigenvalue weighted by Gasteiger charge is 2.24. The molecule has 29 heavy (non-hydrogen) atoms. The number of aromatic nitrogens is 3. The number of nitrogens with zero attached hydrogens (tertiary/aromatic N) is 2. The zero-order chi connectivity index (χ0) is 21.1. The Balaban J connectivity index is 1.88. The second kappa shape index (κ2) is 8.52. The van der Waals surface area contributed by atoms with Gasteiger partial charge in [-0.2, -0.15) is 0 Å². The van der Waals surface area contributed by atoms with Crippen molar-refractivity contribution >= 4 is 34.8 Å². The number of nitrogens with one attached hydrogen (secondary N) is 2. The Kier molecular flexibility index (Phi) is 6.07. The van der Waals surface area contributed by atoms with E-state index >= 15 is 0 Å². The second-order valence-electron chi connectivity index (χ2n) is 6.53. The van der Waals surface area contributed by atoms with Crippen LogP contribution in [0.2, 0.25) is 0 Å². The number of H-pyrrole nitrogens is 1. The summed E-state index contributed by atoms with van der Waals surface area (Å²) in [5.74, 6) is -0.598. The lowest BCUT2D eigenvalue weighted by Gasteiger charge is -2.08. The molecular weight excluding hydrogens is 392 g/mol. The number of thioether (sulfide) groups is 1. The van der Waals surface area contributed by atoms with E-state index in [1.54, 1.807) is 25.2 Å². The predicted molar refractivity (Wildman–Crippen MR) is 112 cm³/mol. The van der Waals surface area contributed by atoms with Gasteiger partial charge in [0.15, 0.2) is 5.16 Å². The number of hydrogen-bond acceptors (Lipinski definition) is 6. The van der Waals surface area contributed by atoms with Crippen molar-refractivity contribution in [2.45, 2.75) is 32.9 Å². The van der Waals surface area contributed by atoms with Crippen LogP contribution in [0.5, 0.6) is 0 Å². The molecule has 0 aliphatic heterocycles. The van der Waals surface area contributed by atoms with E-state index in [1.165, 1.54) is 11.8 Å². The van der Waals surface area contributed by atoms with Crippen LogP contribution < -0.4 is 10.9 Å². The van der Waals surface area contributed by atoms with Gasteiger partial charge in [0.05, 0.1) is 17.9 Å². The average molecular weight is 414 g/mol. The molecule has 8 nitrogen and oxygen atoms in total. The van der Waals surface area contributed by atoms with Crippen molar-refractivity contribution < 1.29 is 14.3 Å². The van der Waals surface area contributed by atoms with Crippen molar-refractivity contribution in [3.8, 4) is 0 Å². The van der Waals surface area contributed by atoms with Crippen molar-refractivity contribution in [3.05, 3.63) is 57.0 Å². The number of benzene rings is 1. The fourth-order valence-corrected chi connectivity index (χ4v) is 3.91. The lowest BCUT2D eigenvalue weighted by atomic mass is 10.1. The van der Waals surface area contributed by atoms with Gasteiger partial charge in [-0.3, -0.25) is 14.0 Å².